The van der Waals surface area contributed by atoms with Crippen LogP contribution in [0.3, 0.4) is 0 Å². The van der Waals surface area contributed by atoms with Gasteiger partial charge in [0.1, 0.15) is 6.33 Å². The maximum Gasteiger partial charge on any atom is 0.316 e. The lowest BCUT2D eigenvalue weighted by Gasteiger charge is -2.19. The SMILES string of the molecule is CC(C)(C)NC(=O)C(=O)Nc1ncn[nH]1. The van der Waals surface area contributed by atoms with Crippen molar-refractivity contribution in [2.45, 2.75) is 26.3 Å². The molecule has 7 heteroatoms. The number of rotatable bonds is 1. The van der Waals surface area contributed by atoms with Gasteiger partial charge in [0.2, 0.25) is 5.95 Å². The van der Waals surface area contributed by atoms with E-state index in [9.17, 15) is 9.59 Å². The van der Waals surface area contributed by atoms with E-state index in [-0.39, 0.29) is 5.95 Å². The minimum atomic E-state index is -0.776. The van der Waals surface area contributed by atoms with Gasteiger partial charge >= 0.3 is 11.8 Å². The highest BCUT2D eigenvalue weighted by Gasteiger charge is 2.20. The molecule has 82 valence electrons. The lowest BCUT2D eigenvalue weighted by Crippen LogP contribution is -2.46. The van der Waals surface area contributed by atoms with Gasteiger partial charge in [0.15, 0.2) is 0 Å². The molecule has 0 aliphatic heterocycles. The minimum Gasteiger partial charge on any atom is -0.343 e. The molecule has 0 bridgehead atoms. The number of hydrogen-bond acceptors (Lipinski definition) is 4. The van der Waals surface area contributed by atoms with Crippen molar-refractivity contribution in [3.05, 3.63) is 6.33 Å². The lowest BCUT2D eigenvalue weighted by atomic mass is 10.1. The molecule has 7 nitrogen and oxygen atoms in total. The Morgan fingerprint density at radius 3 is 2.47 bits per heavy atom. The highest BCUT2D eigenvalue weighted by molar-refractivity contribution is 6.39. The number of aromatic nitrogens is 3. The van der Waals surface area contributed by atoms with Gasteiger partial charge in [0.25, 0.3) is 0 Å². The third-order valence-corrected chi connectivity index (χ3v) is 1.34. The van der Waals surface area contributed by atoms with Crippen LogP contribution < -0.4 is 10.6 Å². The Bertz CT molecular complexity index is 352. The normalized spacial score (nSPS) is 10.9. The summed E-state index contributed by atoms with van der Waals surface area (Å²) in [4.78, 5) is 26.2. The Hall–Kier alpha value is -1.92. The molecule has 1 heterocycles. The molecule has 3 N–H and O–H groups in total. The first kappa shape index (κ1) is 11.2. The summed E-state index contributed by atoms with van der Waals surface area (Å²) in [5.74, 6) is -1.34. The molecule has 1 aromatic rings. The summed E-state index contributed by atoms with van der Waals surface area (Å²) in [5, 5.41) is 10.7. The van der Waals surface area contributed by atoms with Crippen molar-refractivity contribution in [1.29, 1.82) is 0 Å². The standard InChI is InChI=1S/C8H13N5O2/c1-8(2,3)12-6(15)5(14)11-7-9-4-10-13-7/h4H,1-3H3,(H,12,15)(H2,9,10,11,13,14). The first-order valence-corrected chi connectivity index (χ1v) is 4.37. The molecule has 0 aromatic carbocycles. The van der Waals surface area contributed by atoms with Gasteiger partial charge in [0.05, 0.1) is 0 Å². The maximum absolute atomic E-state index is 11.3. The molecule has 0 atom stereocenters. The Balaban J connectivity index is 2.51. The van der Waals surface area contributed by atoms with Gasteiger partial charge in [-0.25, -0.2) is 5.10 Å². The van der Waals surface area contributed by atoms with Gasteiger partial charge in [-0.2, -0.15) is 10.1 Å². The lowest BCUT2D eigenvalue weighted by molar-refractivity contribution is -0.137. The molecule has 1 aromatic heterocycles. The topological polar surface area (TPSA) is 99.8 Å². The molecular weight excluding hydrogens is 198 g/mol. The average molecular weight is 211 g/mol. The Morgan fingerprint density at radius 2 is 2.00 bits per heavy atom. The summed E-state index contributed by atoms with van der Waals surface area (Å²) in [6.07, 6.45) is 1.23. The Kier molecular flexibility index (Phi) is 3.03. The second kappa shape index (κ2) is 4.07. The fraction of sp³-hybridized carbons (Fsp3) is 0.500. The van der Waals surface area contributed by atoms with Gasteiger partial charge in [0, 0.05) is 5.54 Å². The third kappa shape index (κ3) is 3.75. The number of H-pyrrole nitrogens is 1. The highest BCUT2D eigenvalue weighted by Crippen LogP contribution is 1.99. The first-order valence-electron chi connectivity index (χ1n) is 4.37. The maximum atomic E-state index is 11.3. The Labute approximate surface area is 86.7 Å². The van der Waals surface area contributed by atoms with E-state index in [0.717, 1.165) is 0 Å². The van der Waals surface area contributed by atoms with E-state index < -0.39 is 17.4 Å². The summed E-state index contributed by atoms with van der Waals surface area (Å²) in [6, 6.07) is 0. The second-order valence-electron chi connectivity index (χ2n) is 3.99. The van der Waals surface area contributed by atoms with Gasteiger partial charge < -0.3 is 5.32 Å². The fourth-order valence-electron chi connectivity index (χ4n) is 0.827. The van der Waals surface area contributed by atoms with E-state index in [2.05, 4.69) is 25.8 Å². The van der Waals surface area contributed by atoms with Crippen LogP contribution in [0, 0.1) is 0 Å². The van der Waals surface area contributed by atoms with E-state index >= 15 is 0 Å². The molecule has 0 spiro atoms. The molecular formula is C8H13N5O2. The predicted octanol–water partition coefficient (Wildman–Crippen LogP) is -0.342. The van der Waals surface area contributed by atoms with Crippen molar-refractivity contribution in [1.82, 2.24) is 20.5 Å². The number of aromatic amines is 1. The summed E-state index contributed by atoms with van der Waals surface area (Å²) >= 11 is 0. The summed E-state index contributed by atoms with van der Waals surface area (Å²) in [7, 11) is 0. The molecule has 15 heavy (non-hydrogen) atoms. The van der Waals surface area contributed by atoms with Crippen LogP contribution in [0.5, 0.6) is 0 Å². The fourth-order valence-corrected chi connectivity index (χ4v) is 0.827. The van der Waals surface area contributed by atoms with Crippen LogP contribution in [-0.4, -0.2) is 32.5 Å². The van der Waals surface area contributed by atoms with Crippen LogP contribution in [0.2, 0.25) is 0 Å². The van der Waals surface area contributed by atoms with Crippen LogP contribution in [0.15, 0.2) is 6.33 Å². The number of carbonyl (C=O) groups excluding carboxylic acids is 2. The van der Waals surface area contributed by atoms with Crippen LogP contribution in [0.4, 0.5) is 5.95 Å². The zero-order valence-electron chi connectivity index (χ0n) is 8.79. The number of amides is 2. The first-order chi connectivity index (χ1) is 6.88. The van der Waals surface area contributed by atoms with Crippen molar-refractivity contribution >= 4 is 17.8 Å². The predicted molar refractivity (Wildman–Crippen MR) is 52.9 cm³/mol. The van der Waals surface area contributed by atoms with Crippen molar-refractivity contribution in [2.75, 3.05) is 5.32 Å². The van der Waals surface area contributed by atoms with E-state index in [1.54, 1.807) is 20.8 Å². The summed E-state index contributed by atoms with van der Waals surface area (Å²) < 4.78 is 0. The van der Waals surface area contributed by atoms with Crippen molar-refractivity contribution in [3.63, 3.8) is 0 Å². The van der Waals surface area contributed by atoms with Crippen molar-refractivity contribution in [3.8, 4) is 0 Å². The second-order valence-corrected chi connectivity index (χ2v) is 3.99. The molecule has 0 saturated carbocycles. The quantitative estimate of drug-likeness (QED) is 0.553. The molecule has 0 fully saturated rings. The number of anilines is 1. The average Bonchev–Trinajstić information content (AvgIpc) is 2.53. The van der Waals surface area contributed by atoms with Crippen molar-refractivity contribution < 1.29 is 9.59 Å². The van der Waals surface area contributed by atoms with Crippen LogP contribution in [0.25, 0.3) is 0 Å². The van der Waals surface area contributed by atoms with Crippen LogP contribution in [0.1, 0.15) is 20.8 Å². The van der Waals surface area contributed by atoms with E-state index in [1.807, 2.05) is 0 Å². The minimum absolute atomic E-state index is 0.143. The number of nitrogens with zero attached hydrogens (tertiary/aromatic N) is 2. The van der Waals surface area contributed by atoms with Gasteiger partial charge in [-0.05, 0) is 20.8 Å². The zero-order valence-corrected chi connectivity index (χ0v) is 8.79. The van der Waals surface area contributed by atoms with Crippen LogP contribution >= 0.6 is 0 Å². The molecule has 0 unspecified atom stereocenters. The van der Waals surface area contributed by atoms with Crippen LogP contribution in [-0.2, 0) is 9.59 Å². The van der Waals surface area contributed by atoms with Gasteiger partial charge in [-0.3, -0.25) is 14.9 Å². The zero-order chi connectivity index (χ0) is 11.5. The monoisotopic (exact) mass is 211 g/mol. The molecule has 0 radical (unpaired) electrons. The molecule has 0 aliphatic carbocycles. The van der Waals surface area contributed by atoms with Gasteiger partial charge in [-0.15, -0.1) is 0 Å². The van der Waals surface area contributed by atoms with Gasteiger partial charge in [-0.1, -0.05) is 0 Å². The van der Waals surface area contributed by atoms with E-state index in [0.29, 0.717) is 0 Å². The summed E-state index contributed by atoms with van der Waals surface area (Å²) in [5.41, 5.74) is -0.449. The molecule has 0 aliphatic rings. The number of carbonyl (C=O) groups is 2. The van der Waals surface area contributed by atoms with E-state index in [4.69, 9.17) is 0 Å². The third-order valence-electron chi connectivity index (χ3n) is 1.34. The van der Waals surface area contributed by atoms with Crippen molar-refractivity contribution in [2.24, 2.45) is 0 Å². The largest absolute Gasteiger partial charge is 0.343 e. The number of hydrogen-bond donors (Lipinski definition) is 3. The highest BCUT2D eigenvalue weighted by atomic mass is 16.2. The molecule has 1 rings (SSSR count). The number of nitrogens with one attached hydrogen (secondary N) is 3. The van der Waals surface area contributed by atoms with E-state index in [1.165, 1.54) is 6.33 Å². The summed E-state index contributed by atoms with van der Waals surface area (Å²) in [6.45, 7) is 5.35. The molecule has 0 saturated heterocycles. The Morgan fingerprint density at radius 1 is 1.33 bits per heavy atom. The molecule has 2 amide bonds. The smallest absolute Gasteiger partial charge is 0.316 e.